The van der Waals surface area contributed by atoms with Crippen LogP contribution < -0.4 is 0 Å². The fraction of sp³-hybridized carbons (Fsp3) is 0.600. The first-order valence-electron chi connectivity index (χ1n) is 7.31. The standard InChI is InChI=1S/C15H22BrNO3S/c1-3-17(4-2)21(18,19)15(8-10-20-11-9-15)13-6-5-7-14(16)12-13/h5-7,12H,3-4,8-11H2,1-2H3. The Balaban J connectivity index is 2.57. The molecule has 118 valence electrons. The Labute approximate surface area is 135 Å². The van der Waals surface area contributed by atoms with E-state index in [2.05, 4.69) is 15.9 Å². The van der Waals surface area contributed by atoms with Gasteiger partial charge in [-0.1, -0.05) is 41.9 Å². The Hall–Kier alpha value is -0.430. The number of nitrogens with zero attached hydrogens (tertiary/aromatic N) is 1. The lowest BCUT2D eigenvalue weighted by Crippen LogP contribution is -2.49. The highest BCUT2D eigenvalue weighted by Crippen LogP contribution is 2.42. The number of sulfonamides is 1. The molecule has 0 atom stereocenters. The third kappa shape index (κ3) is 3.04. The number of ether oxygens (including phenoxy) is 1. The summed E-state index contributed by atoms with van der Waals surface area (Å²) >= 11 is 3.45. The molecular formula is C15H22BrNO3S. The molecule has 1 fully saturated rings. The van der Waals surface area contributed by atoms with Crippen LogP contribution in [0.4, 0.5) is 0 Å². The monoisotopic (exact) mass is 375 g/mol. The topological polar surface area (TPSA) is 46.6 Å². The quantitative estimate of drug-likeness (QED) is 0.793. The minimum Gasteiger partial charge on any atom is -0.381 e. The van der Waals surface area contributed by atoms with E-state index in [0.29, 0.717) is 39.1 Å². The molecule has 0 N–H and O–H groups in total. The van der Waals surface area contributed by atoms with Crippen LogP contribution >= 0.6 is 15.9 Å². The number of rotatable bonds is 5. The van der Waals surface area contributed by atoms with E-state index in [-0.39, 0.29) is 0 Å². The van der Waals surface area contributed by atoms with Gasteiger partial charge in [-0.15, -0.1) is 0 Å². The molecule has 0 aliphatic carbocycles. The van der Waals surface area contributed by atoms with E-state index in [1.165, 1.54) is 0 Å². The SMILES string of the molecule is CCN(CC)S(=O)(=O)C1(c2cccc(Br)c2)CCOCC1. The molecule has 0 bridgehead atoms. The molecule has 1 aliphatic rings. The zero-order valence-electron chi connectivity index (χ0n) is 12.5. The summed E-state index contributed by atoms with van der Waals surface area (Å²) in [6, 6.07) is 7.65. The van der Waals surface area contributed by atoms with Gasteiger partial charge in [0.15, 0.2) is 0 Å². The van der Waals surface area contributed by atoms with Crippen molar-refractivity contribution in [3.8, 4) is 0 Å². The second-order valence-electron chi connectivity index (χ2n) is 5.21. The Morgan fingerprint density at radius 2 is 1.86 bits per heavy atom. The molecular weight excluding hydrogens is 354 g/mol. The van der Waals surface area contributed by atoms with Crippen LogP contribution in [0.15, 0.2) is 28.7 Å². The molecule has 4 nitrogen and oxygen atoms in total. The Kier molecular flexibility index (Phi) is 5.46. The predicted molar refractivity (Wildman–Crippen MR) is 87.7 cm³/mol. The molecule has 6 heteroatoms. The molecule has 21 heavy (non-hydrogen) atoms. The van der Waals surface area contributed by atoms with Crippen molar-refractivity contribution < 1.29 is 13.2 Å². The van der Waals surface area contributed by atoms with E-state index in [9.17, 15) is 8.42 Å². The van der Waals surface area contributed by atoms with Gasteiger partial charge in [-0.05, 0) is 30.5 Å². The zero-order chi connectivity index (χ0) is 15.5. The van der Waals surface area contributed by atoms with E-state index >= 15 is 0 Å². The lowest BCUT2D eigenvalue weighted by atomic mass is 9.90. The van der Waals surface area contributed by atoms with Crippen LogP contribution in [0.1, 0.15) is 32.3 Å². The fourth-order valence-electron chi connectivity index (χ4n) is 2.98. The van der Waals surface area contributed by atoms with Gasteiger partial charge in [0.2, 0.25) is 10.0 Å². The Morgan fingerprint density at radius 3 is 2.38 bits per heavy atom. The molecule has 0 aromatic heterocycles. The van der Waals surface area contributed by atoms with E-state index in [0.717, 1.165) is 10.0 Å². The van der Waals surface area contributed by atoms with Crippen molar-refractivity contribution in [1.29, 1.82) is 0 Å². The largest absolute Gasteiger partial charge is 0.381 e. The van der Waals surface area contributed by atoms with Crippen molar-refractivity contribution >= 4 is 26.0 Å². The van der Waals surface area contributed by atoms with Crippen LogP contribution in [0.2, 0.25) is 0 Å². The highest BCUT2D eigenvalue weighted by molar-refractivity contribution is 9.10. The van der Waals surface area contributed by atoms with Crippen LogP contribution in [0.25, 0.3) is 0 Å². The summed E-state index contributed by atoms with van der Waals surface area (Å²) in [6.07, 6.45) is 1.00. The highest BCUT2D eigenvalue weighted by atomic mass is 79.9. The van der Waals surface area contributed by atoms with Crippen molar-refractivity contribution in [2.24, 2.45) is 0 Å². The third-order valence-corrected chi connectivity index (χ3v) is 7.51. The number of hydrogen-bond acceptors (Lipinski definition) is 3. The van der Waals surface area contributed by atoms with E-state index < -0.39 is 14.8 Å². The van der Waals surface area contributed by atoms with Crippen LogP contribution in [-0.2, 0) is 19.5 Å². The first kappa shape index (κ1) is 16.9. The second-order valence-corrected chi connectivity index (χ2v) is 8.37. The fourth-order valence-corrected chi connectivity index (χ4v) is 5.66. The normalized spacial score (nSPS) is 18.9. The van der Waals surface area contributed by atoms with Crippen molar-refractivity contribution in [3.05, 3.63) is 34.3 Å². The zero-order valence-corrected chi connectivity index (χ0v) is 14.9. The maximum Gasteiger partial charge on any atom is 0.224 e. The first-order valence-corrected chi connectivity index (χ1v) is 9.54. The average Bonchev–Trinajstić information content (AvgIpc) is 2.49. The van der Waals surface area contributed by atoms with Gasteiger partial charge < -0.3 is 4.74 Å². The summed E-state index contributed by atoms with van der Waals surface area (Å²) in [6.45, 7) is 5.72. The van der Waals surface area contributed by atoms with Crippen LogP contribution in [0, 0.1) is 0 Å². The molecule has 1 aromatic carbocycles. The van der Waals surface area contributed by atoms with Crippen LogP contribution in [0.5, 0.6) is 0 Å². The van der Waals surface area contributed by atoms with Gasteiger partial charge in [0.1, 0.15) is 4.75 Å². The summed E-state index contributed by atoms with van der Waals surface area (Å²) in [5.74, 6) is 0. The predicted octanol–water partition coefficient (Wildman–Crippen LogP) is 3.13. The van der Waals surface area contributed by atoms with Crippen LogP contribution in [-0.4, -0.2) is 39.0 Å². The molecule has 1 saturated heterocycles. The molecule has 0 unspecified atom stereocenters. The lowest BCUT2D eigenvalue weighted by Gasteiger charge is -2.40. The van der Waals surface area contributed by atoms with Gasteiger partial charge in [-0.3, -0.25) is 0 Å². The summed E-state index contributed by atoms with van der Waals surface area (Å²) in [7, 11) is -3.42. The van der Waals surface area contributed by atoms with Gasteiger partial charge in [0.05, 0.1) is 0 Å². The van der Waals surface area contributed by atoms with Gasteiger partial charge in [-0.2, -0.15) is 0 Å². The molecule has 2 rings (SSSR count). The summed E-state index contributed by atoms with van der Waals surface area (Å²) in [4.78, 5) is 0. The maximum atomic E-state index is 13.2. The van der Waals surface area contributed by atoms with Crippen molar-refractivity contribution in [3.63, 3.8) is 0 Å². The van der Waals surface area contributed by atoms with E-state index in [1.54, 1.807) is 4.31 Å². The van der Waals surface area contributed by atoms with E-state index in [4.69, 9.17) is 4.74 Å². The van der Waals surface area contributed by atoms with Crippen molar-refractivity contribution in [2.45, 2.75) is 31.4 Å². The average molecular weight is 376 g/mol. The highest BCUT2D eigenvalue weighted by Gasteiger charge is 2.48. The molecule has 0 radical (unpaired) electrons. The lowest BCUT2D eigenvalue weighted by molar-refractivity contribution is 0.0722. The van der Waals surface area contributed by atoms with Gasteiger partial charge in [0.25, 0.3) is 0 Å². The van der Waals surface area contributed by atoms with Crippen molar-refractivity contribution in [2.75, 3.05) is 26.3 Å². The third-order valence-electron chi connectivity index (χ3n) is 4.19. The molecule has 1 heterocycles. The van der Waals surface area contributed by atoms with Crippen molar-refractivity contribution in [1.82, 2.24) is 4.31 Å². The minimum absolute atomic E-state index is 0.479. The Morgan fingerprint density at radius 1 is 1.24 bits per heavy atom. The number of hydrogen-bond donors (Lipinski definition) is 0. The number of halogens is 1. The summed E-state index contributed by atoms with van der Waals surface area (Å²) in [5.41, 5.74) is 0.854. The smallest absolute Gasteiger partial charge is 0.224 e. The maximum absolute atomic E-state index is 13.2. The second kappa shape index (κ2) is 6.77. The van der Waals surface area contributed by atoms with Gasteiger partial charge in [0, 0.05) is 30.8 Å². The first-order chi connectivity index (χ1) is 9.98. The van der Waals surface area contributed by atoms with Crippen LogP contribution in [0.3, 0.4) is 0 Å². The van der Waals surface area contributed by atoms with Gasteiger partial charge >= 0.3 is 0 Å². The molecule has 1 aromatic rings. The van der Waals surface area contributed by atoms with E-state index in [1.807, 2.05) is 38.1 Å². The van der Waals surface area contributed by atoms with Gasteiger partial charge in [-0.25, -0.2) is 12.7 Å². The number of benzene rings is 1. The minimum atomic E-state index is -3.42. The molecule has 0 saturated carbocycles. The molecule has 0 amide bonds. The summed E-state index contributed by atoms with van der Waals surface area (Å²) in [5, 5.41) is 0. The summed E-state index contributed by atoms with van der Waals surface area (Å²) < 4.78 is 33.5. The molecule has 0 spiro atoms. The Bertz CT molecular complexity index is 578. The molecule has 1 aliphatic heterocycles.